The highest BCUT2D eigenvalue weighted by Gasteiger charge is 2.70. The van der Waals surface area contributed by atoms with Gasteiger partial charge in [-0.05, 0) is 55.4 Å². The van der Waals surface area contributed by atoms with Crippen molar-refractivity contribution in [2.75, 3.05) is 4.90 Å². The van der Waals surface area contributed by atoms with Crippen molar-refractivity contribution in [1.82, 2.24) is 4.90 Å². The summed E-state index contributed by atoms with van der Waals surface area (Å²) in [7, 11) is 0. The van der Waals surface area contributed by atoms with E-state index in [1.54, 1.807) is 18.2 Å². The van der Waals surface area contributed by atoms with Crippen LogP contribution < -0.4 is 4.90 Å². The Labute approximate surface area is 182 Å². The molecule has 1 saturated carbocycles. The molecule has 0 aromatic heterocycles. The second kappa shape index (κ2) is 7.21. The normalized spacial score (nSPS) is 27.1. The first kappa shape index (κ1) is 21.1. The monoisotopic (exact) mass is 442 g/mol. The summed E-state index contributed by atoms with van der Waals surface area (Å²) in [6.07, 6.45) is 1.69. The van der Waals surface area contributed by atoms with Gasteiger partial charge in [0.2, 0.25) is 0 Å². The number of halogens is 3. The van der Waals surface area contributed by atoms with Gasteiger partial charge in [0, 0.05) is 5.69 Å². The van der Waals surface area contributed by atoms with Gasteiger partial charge >= 0.3 is 6.18 Å². The van der Waals surface area contributed by atoms with Crippen LogP contribution >= 0.6 is 12.2 Å². The fourth-order valence-electron chi connectivity index (χ4n) is 4.82. The zero-order chi connectivity index (χ0) is 22.4. The maximum Gasteiger partial charge on any atom is 0.417 e. The lowest BCUT2D eigenvalue weighted by atomic mass is 9.78. The summed E-state index contributed by atoms with van der Waals surface area (Å²) in [5.74, 6) is -2.38. The molecule has 2 fully saturated rings. The lowest BCUT2D eigenvalue weighted by Crippen LogP contribution is -2.64. The number of nitrogens with zero attached hydrogens (tertiary/aromatic N) is 4. The Morgan fingerprint density at radius 2 is 1.71 bits per heavy atom. The first-order valence-corrected chi connectivity index (χ1v) is 10.2. The molecule has 31 heavy (non-hydrogen) atoms. The zero-order valence-corrected chi connectivity index (χ0v) is 17.1. The van der Waals surface area contributed by atoms with Crippen LogP contribution in [0.25, 0.3) is 0 Å². The molecule has 4 rings (SSSR count). The second-order valence-corrected chi connectivity index (χ2v) is 8.19. The van der Waals surface area contributed by atoms with E-state index in [2.05, 4.69) is 0 Å². The molecule has 9 heteroatoms. The second-order valence-electron chi connectivity index (χ2n) is 7.83. The lowest BCUT2D eigenvalue weighted by Gasteiger charge is -2.43. The topological polar surface area (TPSA) is 71.1 Å². The molecule has 1 amide bonds. The number of allylic oxidation sites excluding steroid dienone is 2. The molecule has 0 N–H and O–H groups in total. The molecular weight excluding hydrogens is 425 g/mol. The highest BCUT2D eigenvalue weighted by molar-refractivity contribution is 7.80. The number of thiocarbonyl (C=S) groups is 1. The third-order valence-electron chi connectivity index (χ3n) is 6.30. The summed E-state index contributed by atoms with van der Waals surface area (Å²) < 4.78 is 43.8. The fraction of sp³-hybridized carbons (Fsp3) is 0.364. The zero-order valence-electron chi connectivity index (χ0n) is 16.3. The molecule has 0 radical (unpaired) electrons. The van der Waals surface area contributed by atoms with Crippen molar-refractivity contribution in [3.63, 3.8) is 0 Å². The predicted octanol–water partition coefficient (Wildman–Crippen LogP) is 4.37. The SMILES string of the molecule is N#Cc1ccc(N2C(=S)N(C3(C(F)(F)F)C=CC=CC3C#N)C(=O)C23CCCC3)cc1. The maximum atomic E-state index is 14.6. The van der Waals surface area contributed by atoms with E-state index in [1.807, 2.05) is 6.07 Å². The van der Waals surface area contributed by atoms with Gasteiger partial charge < -0.3 is 4.90 Å². The van der Waals surface area contributed by atoms with E-state index in [4.69, 9.17) is 17.5 Å². The number of benzene rings is 1. The van der Waals surface area contributed by atoms with E-state index < -0.39 is 29.1 Å². The van der Waals surface area contributed by atoms with Crippen LogP contribution in [-0.2, 0) is 4.79 Å². The van der Waals surface area contributed by atoms with Crippen molar-refractivity contribution in [2.45, 2.75) is 42.9 Å². The molecular formula is C22H17F3N4OS. The van der Waals surface area contributed by atoms with Crippen LogP contribution in [0.3, 0.4) is 0 Å². The minimum absolute atomic E-state index is 0.283. The number of amides is 1. The minimum Gasteiger partial charge on any atom is -0.303 e. The van der Waals surface area contributed by atoms with E-state index in [1.165, 1.54) is 29.2 Å². The van der Waals surface area contributed by atoms with Gasteiger partial charge in [0.15, 0.2) is 10.7 Å². The van der Waals surface area contributed by atoms with Crippen LogP contribution in [0.5, 0.6) is 0 Å². The van der Waals surface area contributed by atoms with Crippen molar-refractivity contribution in [3.8, 4) is 12.1 Å². The fourth-order valence-corrected chi connectivity index (χ4v) is 5.33. The Morgan fingerprint density at radius 3 is 2.26 bits per heavy atom. The number of carbonyl (C=O) groups excluding carboxylic acids is 1. The molecule has 3 aliphatic rings. The molecule has 2 atom stereocenters. The molecule has 1 spiro atoms. The van der Waals surface area contributed by atoms with Crippen LogP contribution in [-0.4, -0.2) is 33.2 Å². The molecule has 5 nitrogen and oxygen atoms in total. The first-order chi connectivity index (χ1) is 14.7. The predicted molar refractivity (Wildman–Crippen MR) is 110 cm³/mol. The Morgan fingerprint density at radius 1 is 1.06 bits per heavy atom. The number of alkyl halides is 3. The van der Waals surface area contributed by atoms with Crippen molar-refractivity contribution in [2.24, 2.45) is 5.92 Å². The number of rotatable bonds is 2. The molecule has 1 aromatic rings. The quantitative estimate of drug-likeness (QED) is 0.636. The molecule has 2 aliphatic carbocycles. The summed E-state index contributed by atoms with van der Waals surface area (Å²) in [6.45, 7) is 0. The van der Waals surface area contributed by atoms with E-state index in [-0.39, 0.29) is 5.11 Å². The van der Waals surface area contributed by atoms with E-state index in [0.29, 0.717) is 41.8 Å². The third kappa shape index (κ3) is 2.80. The van der Waals surface area contributed by atoms with Crippen molar-refractivity contribution in [3.05, 3.63) is 54.1 Å². The van der Waals surface area contributed by atoms with Crippen molar-refractivity contribution < 1.29 is 18.0 Å². The molecule has 1 aromatic carbocycles. The Kier molecular flexibility index (Phi) is 4.90. The molecule has 158 valence electrons. The number of hydrogen-bond donors (Lipinski definition) is 0. The summed E-state index contributed by atoms with van der Waals surface area (Å²) in [5, 5.41) is 18.3. The number of anilines is 1. The Bertz CT molecular complexity index is 1070. The molecule has 2 unspecified atom stereocenters. The van der Waals surface area contributed by atoms with E-state index in [0.717, 1.165) is 12.2 Å². The largest absolute Gasteiger partial charge is 0.417 e. The van der Waals surface area contributed by atoms with Crippen molar-refractivity contribution in [1.29, 1.82) is 10.5 Å². The number of nitriles is 2. The van der Waals surface area contributed by atoms with Crippen molar-refractivity contribution >= 4 is 28.9 Å². The van der Waals surface area contributed by atoms with Gasteiger partial charge in [-0.25, -0.2) is 0 Å². The van der Waals surface area contributed by atoms with Gasteiger partial charge in [0.05, 0.1) is 17.7 Å². The van der Waals surface area contributed by atoms with Gasteiger partial charge in [-0.15, -0.1) is 0 Å². The van der Waals surface area contributed by atoms with Gasteiger partial charge in [-0.3, -0.25) is 9.69 Å². The molecule has 1 heterocycles. The van der Waals surface area contributed by atoms with Gasteiger partial charge in [-0.2, -0.15) is 23.7 Å². The standard InChI is InChI=1S/C22H17F3N4OS/c23-22(24,25)21(12-2-1-5-16(21)14-27)29-18(30)20(10-3-4-11-20)28(19(29)31)17-8-6-15(13-26)7-9-17/h1-2,5-9,12,16H,3-4,10-11H2. The van der Waals surface area contributed by atoms with Crippen LogP contribution in [0.1, 0.15) is 31.2 Å². The summed E-state index contributed by atoms with van der Waals surface area (Å²) in [5.41, 5.74) is -3.29. The molecule has 1 saturated heterocycles. The average molecular weight is 442 g/mol. The minimum atomic E-state index is -4.94. The average Bonchev–Trinajstić information content (AvgIpc) is 3.31. The Hall–Kier alpha value is -3.17. The maximum absolute atomic E-state index is 14.6. The van der Waals surface area contributed by atoms with Gasteiger partial charge in [0.25, 0.3) is 5.91 Å². The molecule has 0 bridgehead atoms. The smallest absolute Gasteiger partial charge is 0.303 e. The van der Waals surface area contributed by atoms with Crippen LogP contribution in [0.4, 0.5) is 18.9 Å². The molecule has 1 aliphatic heterocycles. The Balaban J connectivity index is 1.92. The first-order valence-electron chi connectivity index (χ1n) is 9.74. The summed E-state index contributed by atoms with van der Waals surface area (Å²) in [4.78, 5) is 15.8. The summed E-state index contributed by atoms with van der Waals surface area (Å²) >= 11 is 5.51. The highest BCUT2D eigenvalue weighted by atomic mass is 32.1. The third-order valence-corrected chi connectivity index (χ3v) is 6.66. The van der Waals surface area contributed by atoms with Gasteiger partial charge in [0.1, 0.15) is 11.5 Å². The van der Waals surface area contributed by atoms with E-state index >= 15 is 0 Å². The summed E-state index contributed by atoms with van der Waals surface area (Å²) in [6, 6.07) is 9.94. The van der Waals surface area contributed by atoms with Crippen LogP contribution in [0.15, 0.2) is 48.6 Å². The van der Waals surface area contributed by atoms with Gasteiger partial charge in [-0.1, -0.05) is 31.1 Å². The number of hydrogen-bond acceptors (Lipinski definition) is 4. The van der Waals surface area contributed by atoms with Crippen LogP contribution in [0.2, 0.25) is 0 Å². The highest BCUT2D eigenvalue weighted by Crippen LogP contribution is 2.52. The van der Waals surface area contributed by atoms with Crippen LogP contribution in [0, 0.1) is 28.6 Å². The van der Waals surface area contributed by atoms with E-state index in [9.17, 15) is 23.2 Å². The number of carbonyl (C=O) groups is 1. The lowest BCUT2D eigenvalue weighted by molar-refractivity contribution is -0.211.